The van der Waals surface area contributed by atoms with Crippen LogP contribution in [-0.4, -0.2) is 28.6 Å². The second-order valence-corrected chi connectivity index (χ2v) is 9.12. The molecule has 1 amide bonds. The quantitative estimate of drug-likeness (QED) is 0.354. The molecule has 1 atom stereocenters. The zero-order valence-electron chi connectivity index (χ0n) is 20.1. The van der Waals surface area contributed by atoms with Gasteiger partial charge in [0.15, 0.2) is 0 Å². The van der Waals surface area contributed by atoms with E-state index in [2.05, 4.69) is 61.7 Å². The molecule has 0 radical (unpaired) electrons. The summed E-state index contributed by atoms with van der Waals surface area (Å²) in [7, 11) is 0. The van der Waals surface area contributed by atoms with Crippen LogP contribution in [-0.2, 0) is 17.8 Å². The number of fused-ring (bicyclic) bond motifs is 1. The number of aromatic nitrogens is 2. The molecule has 3 aromatic carbocycles. The summed E-state index contributed by atoms with van der Waals surface area (Å²) in [5.74, 6) is 2.10. The summed E-state index contributed by atoms with van der Waals surface area (Å²) in [4.78, 5) is 20.0. The number of rotatable bonds is 7. The number of ether oxygens (including phenoxy) is 1. The van der Waals surface area contributed by atoms with E-state index < -0.39 is 0 Å². The maximum absolute atomic E-state index is 13.1. The number of imidazole rings is 1. The van der Waals surface area contributed by atoms with Crippen molar-refractivity contribution in [2.24, 2.45) is 0 Å². The van der Waals surface area contributed by atoms with Crippen LogP contribution in [0.5, 0.6) is 5.75 Å². The highest BCUT2D eigenvalue weighted by Gasteiger charge is 2.35. The van der Waals surface area contributed by atoms with Gasteiger partial charge in [0, 0.05) is 24.6 Å². The first-order valence-corrected chi connectivity index (χ1v) is 12.1. The van der Waals surface area contributed by atoms with Gasteiger partial charge in [-0.2, -0.15) is 0 Å². The maximum Gasteiger partial charge on any atom is 0.227 e. The van der Waals surface area contributed by atoms with Crippen molar-refractivity contribution in [3.8, 4) is 5.75 Å². The molecule has 0 unspecified atom stereocenters. The Balaban J connectivity index is 1.42. The molecule has 174 valence electrons. The molecule has 1 aliphatic rings. The summed E-state index contributed by atoms with van der Waals surface area (Å²) in [5, 5.41) is 0. The van der Waals surface area contributed by atoms with E-state index >= 15 is 0 Å². The molecular weight excluding hydrogens is 422 g/mol. The van der Waals surface area contributed by atoms with Crippen molar-refractivity contribution in [2.75, 3.05) is 18.1 Å². The van der Waals surface area contributed by atoms with Gasteiger partial charge >= 0.3 is 0 Å². The first-order valence-electron chi connectivity index (χ1n) is 12.1. The van der Waals surface area contributed by atoms with Crippen molar-refractivity contribution in [1.29, 1.82) is 0 Å². The minimum absolute atomic E-state index is 0.0468. The van der Waals surface area contributed by atoms with E-state index in [0.717, 1.165) is 40.3 Å². The Morgan fingerprint density at radius 3 is 2.68 bits per heavy atom. The van der Waals surface area contributed by atoms with E-state index in [1.807, 2.05) is 35.2 Å². The van der Waals surface area contributed by atoms with Crippen molar-refractivity contribution < 1.29 is 9.53 Å². The fourth-order valence-electron chi connectivity index (χ4n) is 4.94. The molecule has 0 N–H and O–H groups in total. The SMILES string of the molecule is CCc1ccccc1N1C[C@@H](c2nc3ccccc3n2CCOc2cc(C)ccc2C)CC1=O. The normalized spacial score (nSPS) is 15.9. The largest absolute Gasteiger partial charge is 0.491 e. The molecule has 1 aliphatic heterocycles. The van der Waals surface area contributed by atoms with Gasteiger partial charge < -0.3 is 14.2 Å². The summed E-state index contributed by atoms with van der Waals surface area (Å²) in [5.41, 5.74) is 6.59. The lowest BCUT2D eigenvalue weighted by molar-refractivity contribution is -0.117. The van der Waals surface area contributed by atoms with Crippen LogP contribution in [0.3, 0.4) is 0 Å². The Bertz CT molecular complexity index is 1340. The number of anilines is 1. The van der Waals surface area contributed by atoms with Gasteiger partial charge in [-0.05, 0) is 61.2 Å². The average molecular weight is 454 g/mol. The van der Waals surface area contributed by atoms with Gasteiger partial charge in [0.1, 0.15) is 18.2 Å². The predicted octanol–water partition coefficient (Wildman–Crippen LogP) is 5.82. The zero-order valence-corrected chi connectivity index (χ0v) is 20.1. The number of hydrogen-bond donors (Lipinski definition) is 0. The Labute approximate surface area is 201 Å². The number of carbonyl (C=O) groups is 1. The number of para-hydroxylation sites is 3. The van der Waals surface area contributed by atoms with Crippen LogP contribution in [0.25, 0.3) is 11.0 Å². The summed E-state index contributed by atoms with van der Waals surface area (Å²) in [6.07, 6.45) is 1.37. The van der Waals surface area contributed by atoms with Crippen LogP contribution in [0.15, 0.2) is 66.7 Å². The van der Waals surface area contributed by atoms with Gasteiger partial charge in [0.25, 0.3) is 0 Å². The number of benzene rings is 3. The summed E-state index contributed by atoms with van der Waals surface area (Å²) in [6, 6.07) is 22.7. The zero-order chi connectivity index (χ0) is 23.7. The molecule has 2 heterocycles. The molecule has 4 aromatic rings. The van der Waals surface area contributed by atoms with E-state index in [1.165, 1.54) is 11.1 Å². The van der Waals surface area contributed by atoms with Crippen LogP contribution in [0.4, 0.5) is 5.69 Å². The molecule has 0 spiro atoms. The first kappa shape index (κ1) is 22.2. The Kier molecular flexibility index (Phi) is 6.10. The standard InChI is InChI=1S/C29H31N3O2/c1-4-22-9-5-7-11-25(22)32-19-23(18-28(32)33)29-30-24-10-6-8-12-26(24)31(29)15-16-34-27-17-20(2)13-14-21(27)3/h5-14,17,23H,4,15-16,18-19H2,1-3H3/t23-/m0/s1. The van der Waals surface area contributed by atoms with Crippen LogP contribution in [0, 0.1) is 13.8 Å². The second-order valence-electron chi connectivity index (χ2n) is 9.12. The van der Waals surface area contributed by atoms with E-state index in [9.17, 15) is 4.79 Å². The first-order chi connectivity index (χ1) is 16.5. The lowest BCUT2D eigenvalue weighted by atomic mass is 10.1. The highest BCUT2D eigenvalue weighted by atomic mass is 16.5. The van der Waals surface area contributed by atoms with Crippen LogP contribution in [0.1, 0.15) is 41.8 Å². The lowest BCUT2D eigenvalue weighted by Crippen LogP contribution is -2.25. The molecule has 5 rings (SSSR count). The molecule has 34 heavy (non-hydrogen) atoms. The second kappa shape index (κ2) is 9.34. The van der Waals surface area contributed by atoms with E-state index in [0.29, 0.717) is 26.1 Å². The number of nitrogens with zero attached hydrogens (tertiary/aromatic N) is 3. The maximum atomic E-state index is 13.1. The molecule has 1 saturated heterocycles. The molecular formula is C29H31N3O2. The molecule has 1 aromatic heterocycles. The van der Waals surface area contributed by atoms with Crippen molar-refractivity contribution in [2.45, 2.75) is 46.1 Å². The summed E-state index contributed by atoms with van der Waals surface area (Å²) < 4.78 is 8.42. The lowest BCUT2D eigenvalue weighted by Gasteiger charge is -2.20. The molecule has 5 nitrogen and oxygen atoms in total. The molecule has 5 heteroatoms. The van der Waals surface area contributed by atoms with Gasteiger partial charge in [0.2, 0.25) is 5.91 Å². The van der Waals surface area contributed by atoms with E-state index in [1.54, 1.807) is 0 Å². The number of hydrogen-bond acceptors (Lipinski definition) is 3. The van der Waals surface area contributed by atoms with Gasteiger partial charge in [-0.1, -0.05) is 49.4 Å². The minimum atomic E-state index is 0.0468. The fraction of sp³-hybridized carbons (Fsp3) is 0.310. The van der Waals surface area contributed by atoms with Crippen molar-refractivity contribution in [3.63, 3.8) is 0 Å². The van der Waals surface area contributed by atoms with Crippen molar-refractivity contribution in [3.05, 3.63) is 89.2 Å². The third-order valence-corrected chi connectivity index (χ3v) is 6.75. The highest BCUT2D eigenvalue weighted by molar-refractivity contribution is 5.97. The van der Waals surface area contributed by atoms with Crippen LogP contribution < -0.4 is 9.64 Å². The van der Waals surface area contributed by atoms with Crippen molar-refractivity contribution >= 4 is 22.6 Å². The average Bonchev–Trinajstić information content (AvgIpc) is 3.41. The molecule has 0 saturated carbocycles. The number of carbonyl (C=O) groups excluding carboxylic acids is 1. The minimum Gasteiger partial charge on any atom is -0.491 e. The third kappa shape index (κ3) is 4.18. The molecule has 0 aliphatic carbocycles. The van der Waals surface area contributed by atoms with Crippen molar-refractivity contribution in [1.82, 2.24) is 9.55 Å². The Hall–Kier alpha value is -3.60. The van der Waals surface area contributed by atoms with Gasteiger partial charge in [0.05, 0.1) is 17.6 Å². The van der Waals surface area contributed by atoms with Gasteiger partial charge in [-0.25, -0.2) is 4.98 Å². The van der Waals surface area contributed by atoms with E-state index in [4.69, 9.17) is 9.72 Å². The smallest absolute Gasteiger partial charge is 0.227 e. The van der Waals surface area contributed by atoms with E-state index in [-0.39, 0.29) is 11.8 Å². The van der Waals surface area contributed by atoms with Gasteiger partial charge in [-0.15, -0.1) is 0 Å². The predicted molar refractivity (Wildman–Crippen MR) is 137 cm³/mol. The fourth-order valence-corrected chi connectivity index (χ4v) is 4.94. The summed E-state index contributed by atoms with van der Waals surface area (Å²) in [6.45, 7) is 8.15. The summed E-state index contributed by atoms with van der Waals surface area (Å²) >= 11 is 0. The van der Waals surface area contributed by atoms with Crippen LogP contribution in [0.2, 0.25) is 0 Å². The molecule has 0 bridgehead atoms. The number of aryl methyl sites for hydroxylation is 3. The monoisotopic (exact) mass is 453 g/mol. The third-order valence-electron chi connectivity index (χ3n) is 6.75. The Morgan fingerprint density at radius 1 is 1.03 bits per heavy atom. The highest BCUT2D eigenvalue weighted by Crippen LogP contribution is 2.34. The van der Waals surface area contributed by atoms with Crippen LogP contribution >= 0.6 is 0 Å². The Morgan fingerprint density at radius 2 is 1.82 bits per heavy atom. The topological polar surface area (TPSA) is 47.4 Å². The number of amides is 1. The van der Waals surface area contributed by atoms with Gasteiger partial charge in [-0.3, -0.25) is 4.79 Å². The molecule has 1 fully saturated rings.